The summed E-state index contributed by atoms with van der Waals surface area (Å²) in [6, 6.07) is 2.74. The lowest BCUT2D eigenvalue weighted by atomic mass is 10.2. The lowest BCUT2D eigenvalue weighted by Crippen LogP contribution is -2.39. The molecule has 0 saturated carbocycles. The van der Waals surface area contributed by atoms with Crippen molar-refractivity contribution in [2.24, 2.45) is 4.99 Å². The average molecular weight is 288 g/mol. The van der Waals surface area contributed by atoms with Gasteiger partial charge in [-0.25, -0.2) is 4.39 Å². The zero-order valence-corrected chi connectivity index (χ0v) is 11.1. The van der Waals surface area contributed by atoms with Crippen LogP contribution in [-0.2, 0) is 4.79 Å². The van der Waals surface area contributed by atoms with Crippen LogP contribution in [-0.4, -0.2) is 38.1 Å². The SMILES string of the molecule is C#CCN1C(=O)COc2cc(F)c(NC3=NCCN3)cc21. The molecule has 0 spiro atoms. The van der Waals surface area contributed by atoms with Crippen LogP contribution in [0.4, 0.5) is 15.8 Å². The van der Waals surface area contributed by atoms with E-state index in [9.17, 15) is 9.18 Å². The number of amides is 1. The predicted octanol–water partition coefficient (Wildman–Crippen LogP) is 0.555. The molecule has 1 aromatic rings. The quantitative estimate of drug-likeness (QED) is 0.780. The highest BCUT2D eigenvalue weighted by Gasteiger charge is 2.27. The number of rotatable bonds is 2. The van der Waals surface area contributed by atoms with Crippen molar-refractivity contribution in [1.82, 2.24) is 5.32 Å². The summed E-state index contributed by atoms with van der Waals surface area (Å²) in [5.41, 5.74) is 0.661. The van der Waals surface area contributed by atoms with E-state index in [1.54, 1.807) is 0 Å². The zero-order valence-electron chi connectivity index (χ0n) is 11.1. The molecular formula is C14H13FN4O2. The number of fused-ring (bicyclic) bond motifs is 1. The van der Waals surface area contributed by atoms with Crippen LogP contribution in [0, 0.1) is 18.2 Å². The van der Waals surface area contributed by atoms with E-state index < -0.39 is 5.82 Å². The Hall–Kier alpha value is -2.75. The van der Waals surface area contributed by atoms with Crippen molar-refractivity contribution >= 4 is 23.2 Å². The molecule has 1 aromatic carbocycles. The molecule has 6 nitrogen and oxygen atoms in total. The Kier molecular flexibility index (Phi) is 3.36. The van der Waals surface area contributed by atoms with Gasteiger partial charge in [-0.1, -0.05) is 5.92 Å². The van der Waals surface area contributed by atoms with E-state index >= 15 is 0 Å². The second-order valence-corrected chi connectivity index (χ2v) is 4.55. The number of nitrogens with zero attached hydrogens (tertiary/aromatic N) is 2. The second-order valence-electron chi connectivity index (χ2n) is 4.55. The first-order valence-electron chi connectivity index (χ1n) is 6.44. The molecule has 108 valence electrons. The molecule has 0 aromatic heterocycles. The van der Waals surface area contributed by atoms with E-state index in [1.165, 1.54) is 17.0 Å². The standard InChI is InChI=1S/C14H13FN4O2/c1-2-5-19-11-7-10(18-14-16-3-4-17-14)9(15)6-12(11)21-8-13(19)20/h1,6-7H,3-5,8H2,(H2,16,17,18). The van der Waals surface area contributed by atoms with Crippen LogP contribution >= 0.6 is 0 Å². The summed E-state index contributed by atoms with van der Waals surface area (Å²) in [6.07, 6.45) is 5.28. The van der Waals surface area contributed by atoms with Gasteiger partial charge in [0.1, 0.15) is 5.75 Å². The Morgan fingerprint density at radius 1 is 1.57 bits per heavy atom. The zero-order chi connectivity index (χ0) is 14.8. The molecule has 0 unspecified atom stereocenters. The Bertz CT molecular complexity index is 666. The topological polar surface area (TPSA) is 66.0 Å². The largest absolute Gasteiger partial charge is 0.481 e. The monoisotopic (exact) mass is 288 g/mol. The molecule has 0 radical (unpaired) electrons. The van der Waals surface area contributed by atoms with Gasteiger partial charge in [-0.2, -0.15) is 0 Å². The highest BCUT2D eigenvalue weighted by atomic mass is 19.1. The van der Waals surface area contributed by atoms with Crippen molar-refractivity contribution in [2.45, 2.75) is 0 Å². The molecule has 2 aliphatic heterocycles. The Morgan fingerprint density at radius 3 is 3.14 bits per heavy atom. The summed E-state index contributed by atoms with van der Waals surface area (Å²) >= 11 is 0. The number of guanidine groups is 1. The van der Waals surface area contributed by atoms with Gasteiger partial charge in [0, 0.05) is 12.6 Å². The smallest absolute Gasteiger partial charge is 0.265 e. The molecule has 2 heterocycles. The first-order valence-corrected chi connectivity index (χ1v) is 6.44. The highest BCUT2D eigenvalue weighted by molar-refractivity contribution is 6.00. The lowest BCUT2D eigenvalue weighted by Gasteiger charge is -2.28. The van der Waals surface area contributed by atoms with E-state index in [2.05, 4.69) is 21.5 Å². The van der Waals surface area contributed by atoms with Crippen LogP contribution < -0.4 is 20.3 Å². The van der Waals surface area contributed by atoms with Crippen molar-refractivity contribution in [2.75, 3.05) is 36.5 Å². The number of carbonyl (C=O) groups excluding carboxylic acids is 1. The molecule has 0 fully saturated rings. The maximum Gasteiger partial charge on any atom is 0.265 e. The number of anilines is 2. The van der Waals surface area contributed by atoms with Gasteiger partial charge in [0.15, 0.2) is 18.4 Å². The number of halogens is 1. The summed E-state index contributed by atoms with van der Waals surface area (Å²) in [5.74, 6) is 2.47. The van der Waals surface area contributed by atoms with Gasteiger partial charge in [-0.3, -0.25) is 14.7 Å². The fraction of sp³-hybridized carbons (Fsp3) is 0.286. The average Bonchev–Trinajstić information content (AvgIpc) is 2.97. The molecule has 0 aliphatic carbocycles. The van der Waals surface area contributed by atoms with Crippen molar-refractivity contribution in [3.8, 4) is 18.1 Å². The minimum atomic E-state index is -0.486. The molecule has 3 rings (SSSR count). The number of carbonyl (C=O) groups is 1. The first kappa shape index (κ1) is 13.2. The van der Waals surface area contributed by atoms with Gasteiger partial charge >= 0.3 is 0 Å². The Labute approximate surface area is 121 Å². The predicted molar refractivity (Wildman–Crippen MR) is 77.0 cm³/mol. The van der Waals surface area contributed by atoms with Gasteiger partial charge < -0.3 is 15.4 Å². The number of aliphatic imine (C=N–C) groups is 1. The van der Waals surface area contributed by atoms with Gasteiger partial charge in [-0.05, 0) is 6.07 Å². The van der Waals surface area contributed by atoms with Crippen molar-refractivity contribution in [3.63, 3.8) is 0 Å². The molecule has 7 heteroatoms. The van der Waals surface area contributed by atoms with Gasteiger partial charge in [0.05, 0.1) is 24.5 Å². The lowest BCUT2D eigenvalue weighted by molar-refractivity contribution is -0.121. The molecule has 2 N–H and O–H groups in total. The maximum atomic E-state index is 14.1. The molecule has 0 bridgehead atoms. The number of hydrogen-bond acceptors (Lipinski definition) is 5. The first-order chi connectivity index (χ1) is 10.2. The minimum Gasteiger partial charge on any atom is -0.481 e. The molecule has 21 heavy (non-hydrogen) atoms. The fourth-order valence-corrected chi connectivity index (χ4v) is 2.19. The molecular weight excluding hydrogens is 275 g/mol. The number of hydrogen-bond donors (Lipinski definition) is 2. The van der Waals surface area contributed by atoms with Crippen molar-refractivity contribution in [1.29, 1.82) is 0 Å². The van der Waals surface area contributed by atoms with Crippen LogP contribution in [0.5, 0.6) is 5.75 Å². The normalized spacial score (nSPS) is 16.5. The van der Waals surface area contributed by atoms with Gasteiger partial charge in [0.2, 0.25) is 0 Å². The summed E-state index contributed by atoms with van der Waals surface area (Å²) in [5, 5.41) is 5.84. The highest BCUT2D eigenvalue weighted by Crippen LogP contribution is 2.36. The molecule has 1 amide bonds. The number of nitrogens with one attached hydrogen (secondary N) is 2. The third-order valence-corrected chi connectivity index (χ3v) is 3.17. The molecule has 0 atom stereocenters. The van der Waals surface area contributed by atoms with E-state index in [4.69, 9.17) is 11.2 Å². The summed E-state index contributed by atoms with van der Waals surface area (Å²) in [6.45, 7) is 1.31. The van der Waals surface area contributed by atoms with Crippen LogP contribution in [0.3, 0.4) is 0 Å². The van der Waals surface area contributed by atoms with E-state index in [0.29, 0.717) is 30.5 Å². The molecule has 2 aliphatic rings. The Morgan fingerprint density at radius 2 is 2.43 bits per heavy atom. The van der Waals surface area contributed by atoms with E-state index in [1.807, 2.05) is 0 Å². The number of benzene rings is 1. The van der Waals surface area contributed by atoms with Crippen molar-refractivity contribution < 1.29 is 13.9 Å². The van der Waals surface area contributed by atoms with Crippen LogP contribution in [0.2, 0.25) is 0 Å². The summed E-state index contributed by atoms with van der Waals surface area (Å²) in [4.78, 5) is 17.4. The number of terminal acetylenes is 1. The fourth-order valence-electron chi connectivity index (χ4n) is 2.19. The third-order valence-electron chi connectivity index (χ3n) is 3.17. The third kappa shape index (κ3) is 2.48. The van der Waals surface area contributed by atoms with Crippen LogP contribution in [0.1, 0.15) is 0 Å². The maximum absolute atomic E-state index is 14.1. The second kappa shape index (κ2) is 5.32. The van der Waals surface area contributed by atoms with Crippen LogP contribution in [0.25, 0.3) is 0 Å². The number of ether oxygens (including phenoxy) is 1. The van der Waals surface area contributed by atoms with Gasteiger partial charge in [-0.15, -0.1) is 6.42 Å². The van der Waals surface area contributed by atoms with E-state index in [-0.39, 0.29) is 24.7 Å². The Balaban J connectivity index is 1.96. The summed E-state index contributed by atoms with van der Waals surface area (Å²) < 4.78 is 19.3. The van der Waals surface area contributed by atoms with E-state index in [0.717, 1.165) is 0 Å². The minimum absolute atomic E-state index is 0.111. The van der Waals surface area contributed by atoms with Crippen molar-refractivity contribution in [3.05, 3.63) is 17.9 Å². The van der Waals surface area contributed by atoms with Gasteiger partial charge in [0.25, 0.3) is 5.91 Å². The summed E-state index contributed by atoms with van der Waals surface area (Å²) in [7, 11) is 0. The van der Waals surface area contributed by atoms with Crippen LogP contribution in [0.15, 0.2) is 17.1 Å². The molecule has 0 saturated heterocycles.